The van der Waals surface area contributed by atoms with E-state index in [1.165, 1.54) is 12.3 Å². The van der Waals surface area contributed by atoms with Gasteiger partial charge in [0.15, 0.2) is 5.69 Å². The summed E-state index contributed by atoms with van der Waals surface area (Å²) in [4.78, 5) is 12.3. The molecule has 6 nitrogen and oxygen atoms in total. The van der Waals surface area contributed by atoms with E-state index in [2.05, 4.69) is 47.5 Å². The van der Waals surface area contributed by atoms with Gasteiger partial charge in [0.1, 0.15) is 5.75 Å². The van der Waals surface area contributed by atoms with Crippen LogP contribution in [0.4, 0.5) is 0 Å². The lowest BCUT2D eigenvalue weighted by Gasteiger charge is -2.02. The highest BCUT2D eigenvalue weighted by Crippen LogP contribution is 2.20. The number of phenolic OH excluding ortho intramolecular Hbond substituents is 1. The van der Waals surface area contributed by atoms with Crippen molar-refractivity contribution in [1.29, 1.82) is 0 Å². The van der Waals surface area contributed by atoms with Crippen LogP contribution in [-0.2, 0) is 6.54 Å². The molecule has 0 spiro atoms. The minimum Gasteiger partial charge on any atom is -0.507 e. The molecule has 0 atom stereocenters. The fraction of sp³-hybridized carbons (Fsp3) is 0.0556. The number of aromatic nitrogens is 2. The van der Waals surface area contributed by atoms with Crippen LogP contribution in [0.3, 0.4) is 0 Å². The normalized spacial score (nSPS) is 11.1. The van der Waals surface area contributed by atoms with Gasteiger partial charge in [-0.05, 0) is 51.8 Å². The van der Waals surface area contributed by atoms with E-state index in [-0.39, 0.29) is 11.4 Å². The summed E-state index contributed by atoms with van der Waals surface area (Å²) in [7, 11) is 0. The lowest BCUT2D eigenvalue weighted by atomic mass is 10.2. The molecule has 1 amide bonds. The van der Waals surface area contributed by atoms with Crippen LogP contribution in [0.2, 0.25) is 5.02 Å². The number of carbonyl (C=O) groups excluding carboxylic acids is 1. The number of amides is 1. The van der Waals surface area contributed by atoms with E-state index in [1.807, 2.05) is 12.1 Å². The second-order valence-corrected chi connectivity index (χ2v) is 7.76. The van der Waals surface area contributed by atoms with Gasteiger partial charge in [-0.3, -0.25) is 9.48 Å². The van der Waals surface area contributed by atoms with Crippen molar-refractivity contribution < 1.29 is 9.90 Å². The third-order valence-electron chi connectivity index (χ3n) is 3.55. The molecule has 27 heavy (non-hydrogen) atoms. The molecule has 3 aromatic rings. The number of aromatic hydroxyl groups is 1. The number of hydrazone groups is 1. The summed E-state index contributed by atoms with van der Waals surface area (Å²) in [5.41, 5.74) is 4.08. The number of phenols is 1. The first-order chi connectivity index (χ1) is 12.9. The Morgan fingerprint density at radius 1 is 1.26 bits per heavy atom. The summed E-state index contributed by atoms with van der Waals surface area (Å²) >= 11 is 12.5. The monoisotopic (exact) mass is 510 g/mol. The van der Waals surface area contributed by atoms with E-state index in [1.54, 1.807) is 35.1 Å². The van der Waals surface area contributed by atoms with Crippen molar-refractivity contribution in [3.8, 4) is 5.75 Å². The van der Waals surface area contributed by atoms with Gasteiger partial charge in [0.2, 0.25) is 0 Å². The predicted molar refractivity (Wildman–Crippen MR) is 111 cm³/mol. The molecule has 2 aromatic carbocycles. The van der Waals surface area contributed by atoms with E-state index >= 15 is 0 Å². The smallest absolute Gasteiger partial charge is 0.293 e. The zero-order valence-electron chi connectivity index (χ0n) is 13.7. The number of halogens is 3. The first-order valence-corrected chi connectivity index (χ1v) is 9.68. The molecule has 9 heteroatoms. The number of nitrogens with zero attached hydrogens (tertiary/aromatic N) is 3. The first-order valence-electron chi connectivity index (χ1n) is 7.71. The topological polar surface area (TPSA) is 79.5 Å². The van der Waals surface area contributed by atoms with Gasteiger partial charge in [-0.15, -0.1) is 0 Å². The fourth-order valence-corrected chi connectivity index (χ4v) is 3.25. The number of benzene rings is 2. The van der Waals surface area contributed by atoms with Gasteiger partial charge in [0, 0.05) is 21.3 Å². The van der Waals surface area contributed by atoms with Crippen LogP contribution in [0.15, 0.2) is 62.7 Å². The molecule has 1 aromatic heterocycles. The van der Waals surface area contributed by atoms with Gasteiger partial charge in [0.25, 0.3) is 5.91 Å². The van der Waals surface area contributed by atoms with Crippen LogP contribution in [-0.4, -0.2) is 27.0 Å². The Morgan fingerprint density at radius 3 is 2.74 bits per heavy atom. The Bertz CT molecular complexity index is 1000. The van der Waals surface area contributed by atoms with Gasteiger partial charge in [0.05, 0.1) is 17.2 Å². The lowest BCUT2D eigenvalue weighted by molar-refractivity contribution is 0.0948. The zero-order valence-corrected chi connectivity index (χ0v) is 17.7. The number of hydrogen-bond donors (Lipinski definition) is 2. The number of carbonyl (C=O) groups is 1. The van der Waals surface area contributed by atoms with E-state index in [0.29, 0.717) is 21.6 Å². The molecule has 0 saturated carbocycles. The summed E-state index contributed by atoms with van der Waals surface area (Å²) in [6.07, 6.45) is 3.07. The molecule has 138 valence electrons. The van der Waals surface area contributed by atoms with Crippen LogP contribution in [0.25, 0.3) is 0 Å². The third kappa shape index (κ3) is 5.18. The molecule has 0 bridgehead atoms. The van der Waals surface area contributed by atoms with E-state index < -0.39 is 5.91 Å². The lowest BCUT2D eigenvalue weighted by Crippen LogP contribution is -2.19. The number of nitrogens with one attached hydrogen (secondary N) is 1. The molecule has 0 aliphatic carbocycles. The van der Waals surface area contributed by atoms with Crippen molar-refractivity contribution in [2.75, 3.05) is 0 Å². The Kier molecular flexibility index (Phi) is 6.30. The van der Waals surface area contributed by atoms with Gasteiger partial charge in [-0.1, -0.05) is 39.7 Å². The molecule has 0 aliphatic heterocycles. The standard InChI is InChI=1S/C18H13Br2ClN4O2/c19-13-3-6-16(26)12(7-13)8-22-23-18(27)17-15(20)10-25(24-17)9-11-1-4-14(21)5-2-11/h1-8,10,26H,9H2,(H,23,27)/b22-8-. The largest absolute Gasteiger partial charge is 0.507 e. The molecule has 0 fully saturated rings. The molecule has 3 rings (SSSR count). The van der Waals surface area contributed by atoms with Crippen LogP contribution in [0.1, 0.15) is 21.6 Å². The summed E-state index contributed by atoms with van der Waals surface area (Å²) in [6.45, 7) is 0.498. The summed E-state index contributed by atoms with van der Waals surface area (Å²) in [5.74, 6) is -0.410. The van der Waals surface area contributed by atoms with Gasteiger partial charge >= 0.3 is 0 Å². The molecular weight excluding hydrogens is 499 g/mol. The van der Waals surface area contributed by atoms with Gasteiger partial charge < -0.3 is 5.11 Å². The molecule has 2 N–H and O–H groups in total. The molecule has 0 saturated heterocycles. The Balaban J connectivity index is 1.68. The average molecular weight is 513 g/mol. The van der Waals surface area contributed by atoms with Crippen LogP contribution < -0.4 is 5.43 Å². The Hall–Kier alpha value is -2.16. The van der Waals surface area contributed by atoms with Crippen LogP contribution in [0, 0.1) is 0 Å². The van der Waals surface area contributed by atoms with Crippen LogP contribution in [0.5, 0.6) is 5.75 Å². The second-order valence-electron chi connectivity index (χ2n) is 5.55. The first kappa shape index (κ1) is 19.6. The molecule has 0 aliphatic rings. The average Bonchev–Trinajstić information content (AvgIpc) is 3.00. The maximum Gasteiger partial charge on any atom is 0.293 e. The summed E-state index contributed by atoms with van der Waals surface area (Å²) in [5, 5.41) is 18.6. The van der Waals surface area contributed by atoms with Crippen molar-refractivity contribution in [1.82, 2.24) is 15.2 Å². The van der Waals surface area contributed by atoms with E-state index in [9.17, 15) is 9.90 Å². The quantitative estimate of drug-likeness (QED) is 0.388. The molecular formula is C18H13Br2ClN4O2. The number of rotatable bonds is 5. The molecule has 0 radical (unpaired) electrons. The van der Waals surface area contributed by atoms with Gasteiger partial charge in [-0.25, -0.2) is 5.43 Å². The predicted octanol–water partition coefficient (Wildman–Crippen LogP) is 4.58. The minimum atomic E-state index is -0.470. The van der Waals surface area contributed by atoms with Crippen molar-refractivity contribution in [2.45, 2.75) is 6.54 Å². The van der Waals surface area contributed by atoms with Crippen LogP contribution >= 0.6 is 43.5 Å². The van der Waals surface area contributed by atoms with Crippen molar-refractivity contribution in [3.05, 3.63) is 79.5 Å². The Morgan fingerprint density at radius 2 is 2.00 bits per heavy atom. The van der Waals surface area contributed by atoms with E-state index in [4.69, 9.17) is 11.6 Å². The van der Waals surface area contributed by atoms with E-state index in [0.717, 1.165) is 10.0 Å². The summed E-state index contributed by atoms with van der Waals surface area (Å²) < 4.78 is 2.98. The van der Waals surface area contributed by atoms with Crippen molar-refractivity contribution >= 4 is 55.6 Å². The van der Waals surface area contributed by atoms with Crippen molar-refractivity contribution in [2.24, 2.45) is 5.10 Å². The maximum absolute atomic E-state index is 12.3. The minimum absolute atomic E-state index is 0.0598. The third-order valence-corrected chi connectivity index (χ3v) is 4.87. The number of hydrogen-bond acceptors (Lipinski definition) is 4. The molecule has 0 unspecified atom stereocenters. The maximum atomic E-state index is 12.3. The van der Waals surface area contributed by atoms with Gasteiger partial charge in [-0.2, -0.15) is 10.2 Å². The molecule has 1 heterocycles. The summed E-state index contributed by atoms with van der Waals surface area (Å²) in [6, 6.07) is 12.3. The zero-order chi connectivity index (χ0) is 19.4. The highest BCUT2D eigenvalue weighted by atomic mass is 79.9. The highest BCUT2D eigenvalue weighted by Gasteiger charge is 2.15. The SMILES string of the molecule is O=C(N/N=C\c1cc(Br)ccc1O)c1nn(Cc2ccc(Cl)cc2)cc1Br. The Labute approximate surface area is 177 Å². The second kappa shape index (κ2) is 8.69. The van der Waals surface area contributed by atoms with Crippen molar-refractivity contribution in [3.63, 3.8) is 0 Å². The fourth-order valence-electron chi connectivity index (χ4n) is 2.25. The highest BCUT2D eigenvalue weighted by molar-refractivity contribution is 9.10.